The molecular weight excluding hydrogens is 278 g/mol. The predicted molar refractivity (Wildman–Crippen MR) is 83.8 cm³/mol. The number of carbonyl (C=O) groups excluding carboxylic acids is 1. The lowest BCUT2D eigenvalue weighted by atomic mass is 10.1. The Bertz CT molecular complexity index is 652. The molecule has 0 aliphatic carbocycles. The van der Waals surface area contributed by atoms with Crippen molar-refractivity contribution >= 4 is 5.91 Å². The lowest BCUT2D eigenvalue weighted by Crippen LogP contribution is -2.45. The maximum absolute atomic E-state index is 12.8. The van der Waals surface area contributed by atoms with Gasteiger partial charge in [-0.3, -0.25) is 4.79 Å². The van der Waals surface area contributed by atoms with Crippen molar-refractivity contribution in [1.29, 1.82) is 0 Å². The van der Waals surface area contributed by atoms with Gasteiger partial charge in [-0.15, -0.1) is 0 Å². The van der Waals surface area contributed by atoms with Crippen molar-refractivity contribution in [2.75, 3.05) is 13.1 Å². The highest BCUT2D eigenvalue weighted by Crippen LogP contribution is 2.18. The van der Waals surface area contributed by atoms with Crippen LogP contribution in [0.15, 0.2) is 30.6 Å². The molecule has 2 aromatic heterocycles. The zero-order valence-electron chi connectivity index (χ0n) is 12.8. The Hall–Kier alpha value is -2.21. The molecule has 0 aromatic carbocycles. The molecule has 1 amide bonds. The Kier molecular flexibility index (Phi) is 4.20. The largest absolute Gasteiger partial charge is 0.337 e. The zero-order chi connectivity index (χ0) is 15.5. The quantitative estimate of drug-likeness (QED) is 0.929. The molecule has 1 saturated heterocycles. The normalized spacial score (nSPS) is 18.5. The number of hydrogen-bond donors (Lipinski definition) is 1. The smallest absolute Gasteiger partial charge is 0.257 e. The van der Waals surface area contributed by atoms with Crippen molar-refractivity contribution in [3.8, 4) is 5.82 Å². The molecule has 2 N–H and O–H groups in total. The van der Waals surface area contributed by atoms with Gasteiger partial charge in [-0.1, -0.05) is 13.0 Å². The molecule has 116 valence electrons. The van der Waals surface area contributed by atoms with Gasteiger partial charge in [0.2, 0.25) is 0 Å². The highest BCUT2D eigenvalue weighted by molar-refractivity contribution is 5.95. The van der Waals surface area contributed by atoms with Gasteiger partial charge >= 0.3 is 0 Å². The fourth-order valence-corrected chi connectivity index (χ4v) is 2.93. The molecule has 1 atom stereocenters. The molecular formula is C16H21N5O. The van der Waals surface area contributed by atoms with E-state index in [1.165, 1.54) is 0 Å². The van der Waals surface area contributed by atoms with E-state index in [4.69, 9.17) is 5.73 Å². The number of pyridine rings is 1. The van der Waals surface area contributed by atoms with Gasteiger partial charge in [-0.05, 0) is 31.4 Å². The molecule has 22 heavy (non-hydrogen) atoms. The lowest BCUT2D eigenvalue weighted by Gasteiger charge is -2.30. The van der Waals surface area contributed by atoms with Crippen LogP contribution in [-0.4, -0.2) is 44.7 Å². The van der Waals surface area contributed by atoms with Gasteiger partial charge in [-0.2, -0.15) is 5.10 Å². The minimum atomic E-state index is 0.0224. The summed E-state index contributed by atoms with van der Waals surface area (Å²) in [6.45, 7) is 3.41. The first kappa shape index (κ1) is 14.7. The van der Waals surface area contributed by atoms with Crippen LogP contribution in [0.5, 0.6) is 0 Å². The van der Waals surface area contributed by atoms with Crippen molar-refractivity contribution in [1.82, 2.24) is 19.7 Å². The Balaban J connectivity index is 1.91. The highest BCUT2D eigenvalue weighted by Gasteiger charge is 2.26. The van der Waals surface area contributed by atoms with Crippen molar-refractivity contribution in [3.63, 3.8) is 0 Å². The molecule has 1 fully saturated rings. The molecule has 3 rings (SSSR count). The van der Waals surface area contributed by atoms with Crippen molar-refractivity contribution in [2.45, 2.75) is 32.2 Å². The number of rotatable bonds is 3. The summed E-state index contributed by atoms with van der Waals surface area (Å²) in [6, 6.07) is 5.74. The third-order valence-electron chi connectivity index (χ3n) is 4.05. The van der Waals surface area contributed by atoms with E-state index < -0.39 is 0 Å². The molecule has 2 aromatic rings. The molecule has 1 unspecified atom stereocenters. The maximum Gasteiger partial charge on any atom is 0.257 e. The summed E-state index contributed by atoms with van der Waals surface area (Å²) in [5, 5.41) is 4.37. The van der Waals surface area contributed by atoms with Gasteiger partial charge in [-0.25, -0.2) is 9.67 Å². The molecule has 1 aliphatic rings. The first-order valence-electron chi connectivity index (χ1n) is 7.74. The van der Waals surface area contributed by atoms with Crippen molar-refractivity contribution in [2.24, 2.45) is 5.73 Å². The van der Waals surface area contributed by atoms with E-state index in [0.717, 1.165) is 37.3 Å². The first-order chi connectivity index (χ1) is 10.7. The molecule has 0 radical (unpaired) electrons. The lowest BCUT2D eigenvalue weighted by molar-refractivity contribution is 0.0707. The van der Waals surface area contributed by atoms with E-state index >= 15 is 0 Å². The summed E-state index contributed by atoms with van der Waals surface area (Å²) >= 11 is 0. The van der Waals surface area contributed by atoms with Gasteiger partial charge < -0.3 is 10.6 Å². The first-order valence-corrected chi connectivity index (χ1v) is 7.74. The number of nitrogens with zero attached hydrogens (tertiary/aromatic N) is 4. The van der Waals surface area contributed by atoms with Crippen molar-refractivity contribution in [3.05, 3.63) is 41.9 Å². The Morgan fingerprint density at radius 2 is 2.32 bits per heavy atom. The number of aromatic nitrogens is 3. The van der Waals surface area contributed by atoms with Crippen LogP contribution in [0.25, 0.3) is 5.82 Å². The average molecular weight is 299 g/mol. The Morgan fingerprint density at radius 1 is 1.45 bits per heavy atom. The van der Waals surface area contributed by atoms with Gasteiger partial charge in [0, 0.05) is 25.3 Å². The second kappa shape index (κ2) is 6.27. The molecule has 6 heteroatoms. The van der Waals surface area contributed by atoms with Crippen LogP contribution in [0.1, 0.15) is 35.8 Å². The summed E-state index contributed by atoms with van der Waals surface area (Å²) in [5.74, 6) is 0.753. The number of nitrogens with two attached hydrogens (primary N) is 1. The molecule has 1 aliphatic heterocycles. The van der Waals surface area contributed by atoms with E-state index in [1.807, 2.05) is 30.0 Å². The summed E-state index contributed by atoms with van der Waals surface area (Å²) in [6.07, 6.45) is 6.04. The van der Waals surface area contributed by atoms with E-state index in [9.17, 15) is 4.79 Å². The highest BCUT2D eigenvalue weighted by atomic mass is 16.2. The molecule has 0 bridgehead atoms. The van der Waals surface area contributed by atoms with Gasteiger partial charge in [0.15, 0.2) is 5.82 Å². The third kappa shape index (κ3) is 2.74. The topological polar surface area (TPSA) is 77.0 Å². The van der Waals surface area contributed by atoms with Crippen LogP contribution >= 0.6 is 0 Å². The van der Waals surface area contributed by atoms with Gasteiger partial charge in [0.05, 0.1) is 17.5 Å². The number of likely N-dealkylation sites (tertiary alicyclic amines) is 1. The van der Waals surface area contributed by atoms with E-state index in [-0.39, 0.29) is 11.9 Å². The minimum absolute atomic E-state index is 0.0224. The van der Waals surface area contributed by atoms with Crippen LogP contribution in [0.4, 0.5) is 0 Å². The van der Waals surface area contributed by atoms with Crippen LogP contribution < -0.4 is 5.73 Å². The number of piperidine rings is 1. The maximum atomic E-state index is 12.8. The summed E-state index contributed by atoms with van der Waals surface area (Å²) in [4.78, 5) is 18.9. The van der Waals surface area contributed by atoms with Crippen LogP contribution in [-0.2, 0) is 6.42 Å². The SMILES string of the molecule is CCc1c(C(=O)N2CCCC(N)C2)cnn1-c1ccccn1. The Labute approximate surface area is 129 Å². The van der Waals surface area contributed by atoms with Crippen LogP contribution in [0.3, 0.4) is 0 Å². The molecule has 6 nitrogen and oxygen atoms in total. The summed E-state index contributed by atoms with van der Waals surface area (Å²) < 4.78 is 1.75. The zero-order valence-corrected chi connectivity index (χ0v) is 12.8. The van der Waals surface area contributed by atoms with Gasteiger partial charge in [0.25, 0.3) is 5.91 Å². The molecule has 0 saturated carbocycles. The molecule has 3 heterocycles. The third-order valence-corrected chi connectivity index (χ3v) is 4.05. The predicted octanol–water partition coefficient (Wildman–Crippen LogP) is 1.39. The average Bonchev–Trinajstić information content (AvgIpc) is 2.98. The second-order valence-corrected chi connectivity index (χ2v) is 5.61. The van der Waals surface area contributed by atoms with Crippen LogP contribution in [0.2, 0.25) is 0 Å². The summed E-state index contributed by atoms with van der Waals surface area (Å²) in [7, 11) is 0. The van der Waals surface area contributed by atoms with E-state index in [2.05, 4.69) is 10.1 Å². The minimum Gasteiger partial charge on any atom is -0.337 e. The van der Waals surface area contributed by atoms with Gasteiger partial charge in [0.1, 0.15) is 0 Å². The number of amides is 1. The van der Waals surface area contributed by atoms with Crippen molar-refractivity contribution < 1.29 is 4.79 Å². The summed E-state index contributed by atoms with van der Waals surface area (Å²) in [5.41, 5.74) is 7.53. The molecule has 0 spiro atoms. The monoisotopic (exact) mass is 299 g/mol. The fourth-order valence-electron chi connectivity index (χ4n) is 2.93. The standard InChI is InChI=1S/C16H21N5O/c1-2-14-13(16(22)20-9-5-6-12(17)11-20)10-19-21(14)15-7-3-4-8-18-15/h3-4,7-8,10,12H,2,5-6,9,11,17H2,1H3. The number of carbonyl (C=O) groups is 1. The number of hydrogen-bond acceptors (Lipinski definition) is 4. The van der Waals surface area contributed by atoms with E-state index in [1.54, 1.807) is 17.1 Å². The van der Waals surface area contributed by atoms with Crippen LogP contribution in [0, 0.1) is 0 Å². The second-order valence-electron chi connectivity index (χ2n) is 5.61. The van der Waals surface area contributed by atoms with E-state index in [0.29, 0.717) is 12.1 Å². The Morgan fingerprint density at radius 3 is 3.00 bits per heavy atom. The fraction of sp³-hybridized carbons (Fsp3) is 0.438.